The summed E-state index contributed by atoms with van der Waals surface area (Å²) in [7, 11) is 0. The van der Waals surface area contributed by atoms with Crippen molar-refractivity contribution in [2.75, 3.05) is 11.1 Å². The van der Waals surface area contributed by atoms with Gasteiger partial charge in [0.2, 0.25) is 0 Å². The molecule has 0 atom stereocenters. The monoisotopic (exact) mass is 474 g/mol. The molecule has 0 fully saturated rings. The van der Waals surface area contributed by atoms with Crippen LogP contribution in [0.3, 0.4) is 0 Å². The molecule has 0 aliphatic rings. The highest BCUT2D eigenvalue weighted by Crippen LogP contribution is 2.35. The van der Waals surface area contributed by atoms with Gasteiger partial charge < -0.3 is 11.1 Å². The number of benzene rings is 4. The second kappa shape index (κ2) is 11.0. The molecule has 36 heavy (non-hydrogen) atoms. The maximum Gasteiger partial charge on any atom is 0.113 e. The SMILES string of the molecule is CC.CCc1ccc(Nc2ccc(N)cc2)c2nc(-c3ccc(C)cc3)c(-c3ccc(C)cc3)nc12. The normalized spacial score (nSPS) is 10.6. The maximum absolute atomic E-state index is 5.87. The molecule has 0 spiro atoms. The number of anilines is 3. The highest BCUT2D eigenvalue weighted by atomic mass is 14.9. The summed E-state index contributed by atoms with van der Waals surface area (Å²) in [5.74, 6) is 0. The van der Waals surface area contributed by atoms with E-state index < -0.39 is 0 Å². The molecule has 1 heterocycles. The summed E-state index contributed by atoms with van der Waals surface area (Å²) in [5.41, 5.74) is 17.8. The lowest BCUT2D eigenvalue weighted by Gasteiger charge is -2.16. The molecule has 0 aliphatic carbocycles. The molecule has 0 saturated carbocycles. The fourth-order valence-electron chi connectivity index (χ4n) is 4.12. The van der Waals surface area contributed by atoms with Gasteiger partial charge in [0.25, 0.3) is 0 Å². The highest BCUT2D eigenvalue weighted by Gasteiger charge is 2.17. The Morgan fingerprint density at radius 1 is 0.639 bits per heavy atom. The van der Waals surface area contributed by atoms with E-state index in [1.54, 1.807) is 0 Å². The van der Waals surface area contributed by atoms with Gasteiger partial charge in [0, 0.05) is 22.5 Å². The molecular weight excluding hydrogens is 440 g/mol. The highest BCUT2D eigenvalue weighted by molar-refractivity contribution is 5.96. The summed E-state index contributed by atoms with van der Waals surface area (Å²) in [6, 6.07) is 29.0. The molecule has 182 valence electrons. The smallest absolute Gasteiger partial charge is 0.113 e. The summed E-state index contributed by atoms with van der Waals surface area (Å²) in [4.78, 5) is 10.5. The lowest BCUT2D eigenvalue weighted by atomic mass is 10.0. The van der Waals surface area contributed by atoms with E-state index in [-0.39, 0.29) is 0 Å². The van der Waals surface area contributed by atoms with Crippen molar-refractivity contribution in [1.82, 2.24) is 9.97 Å². The zero-order valence-corrected chi connectivity index (χ0v) is 21.8. The number of rotatable bonds is 5. The molecule has 0 amide bonds. The van der Waals surface area contributed by atoms with Gasteiger partial charge in [-0.05, 0) is 56.2 Å². The van der Waals surface area contributed by atoms with Crippen molar-refractivity contribution >= 4 is 28.1 Å². The molecule has 1 aromatic heterocycles. The third-order valence-corrected chi connectivity index (χ3v) is 6.13. The Morgan fingerprint density at radius 2 is 1.14 bits per heavy atom. The third kappa shape index (κ3) is 5.23. The Labute approximate surface area is 214 Å². The van der Waals surface area contributed by atoms with E-state index in [1.165, 1.54) is 16.7 Å². The van der Waals surface area contributed by atoms with Crippen molar-refractivity contribution in [2.45, 2.75) is 41.0 Å². The van der Waals surface area contributed by atoms with Crippen LogP contribution in [0.1, 0.15) is 37.5 Å². The van der Waals surface area contributed by atoms with Gasteiger partial charge in [-0.25, -0.2) is 9.97 Å². The molecule has 0 bridgehead atoms. The Kier molecular flexibility index (Phi) is 7.65. The Bertz CT molecular complexity index is 1450. The maximum atomic E-state index is 5.87. The first kappa shape index (κ1) is 24.9. The van der Waals surface area contributed by atoms with Crippen LogP contribution in [-0.4, -0.2) is 9.97 Å². The molecule has 0 unspecified atom stereocenters. The van der Waals surface area contributed by atoms with Gasteiger partial charge in [-0.3, -0.25) is 0 Å². The van der Waals surface area contributed by atoms with Crippen molar-refractivity contribution in [2.24, 2.45) is 0 Å². The van der Waals surface area contributed by atoms with Crippen LogP contribution in [0.5, 0.6) is 0 Å². The van der Waals surface area contributed by atoms with Crippen molar-refractivity contribution < 1.29 is 0 Å². The Hall–Kier alpha value is -4.18. The number of nitrogens with zero attached hydrogens (tertiary/aromatic N) is 2. The zero-order chi connectivity index (χ0) is 25.7. The molecule has 0 aliphatic heterocycles. The van der Waals surface area contributed by atoms with Gasteiger partial charge in [0.15, 0.2) is 0 Å². The molecule has 4 nitrogen and oxygen atoms in total. The summed E-state index contributed by atoms with van der Waals surface area (Å²) in [5, 5.41) is 3.52. The van der Waals surface area contributed by atoms with Crippen molar-refractivity contribution in [3.05, 3.63) is 102 Å². The number of hydrogen-bond donors (Lipinski definition) is 2. The van der Waals surface area contributed by atoms with E-state index in [0.717, 1.165) is 57.0 Å². The Morgan fingerprint density at radius 3 is 1.64 bits per heavy atom. The van der Waals surface area contributed by atoms with Crippen LogP contribution in [0.15, 0.2) is 84.9 Å². The number of aryl methyl sites for hydroxylation is 3. The van der Waals surface area contributed by atoms with Gasteiger partial charge in [0.05, 0.1) is 22.6 Å². The molecule has 3 N–H and O–H groups in total. The average molecular weight is 475 g/mol. The minimum absolute atomic E-state index is 0.737. The van der Waals surface area contributed by atoms with Crippen LogP contribution in [0.25, 0.3) is 33.5 Å². The minimum Gasteiger partial charge on any atom is -0.399 e. The molecular formula is C32H34N4. The molecule has 4 aromatic carbocycles. The second-order valence-electron chi connectivity index (χ2n) is 8.72. The van der Waals surface area contributed by atoms with E-state index in [4.69, 9.17) is 15.7 Å². The largest absolute Gasteiger partial charge is 0.399 e. The van der Waals surface area contributed by atoms with E-state index >= 15 is 0 Å². The zero-order valence-electron chi connectivity index (χ0n) is 21.8. The number of aromatic nitrogens is 2. The van der Waals surface area contributed by atoms with Gasteiger partial charge in [-0.2, -0.15) is 0 Å². The van der Waals surface area contributed by atoms with Crippen LogP contribution < -0.4 is 11.1 Å². The van der Waals surface area contributed by atoms with Crippen LogP contribution in [0.2, 0.25) is 0 Å². The van der Waals surface area contributed by atoms with E-state index in [1.807, 2.05) is 38.1 Å². The first-order chi connectivity index (χ1) is 17.5. The first-order valence-electron chi connectivity index (χ1n) is 12.6. The van der Waals surface area contributed by atoms with Crippen molar-refractivity contribution in [1.29, 1.82) is 0 Å². The van der Waals surface area contributed by atoms with Gasteiger partial charge in [0.1, 0.15) is 5.52 Å². The molecule has 0 radical (unpaired) electrons. The van der Waals surface area contributed by atoms with Crippen LogP contribution in [0.4, 0.5) is 17.1 Å². The topological polar surface area (TPSA) is 63.8 Å². The van der Waals surface area contributed by atoms with E-state index in [0.29, 0.717) is 0 Å². The number of fused-ring (bicyclic) bond motifs is 1. The van der Waals surface area contributed by atoms with Crippen molar-refractivity contribution in [3.63, 3.8) is 0 Å². The van der Waals surface area contributed by atoms with Gasteiger partial charge >= 0.3 is 0 Å². The molecule has 0 saturated heterocycles. The van der Waals surface area contributed by atoms with Crippen LogP contribution in [-0.2, 0) is 6.42 Å². The molecule has 4 heteroatoms. The predicted molar refractivity (Wildman–Crippen MR) is 155 cm³/mol. The number of nitrogen functional groups attached to an aromatic ring is 1. The number of nitrogens with two attached hydrogens (primary N) is 1. The number of hydrogen-bond acceptors (Lipinski definition) is 4. The van der Waals surface area contributed by atoms with E-state index in [9.17, 15) is 0 Å². The molecule has 5 rings (SSSR count). The van der Waals surface area contributed by atoms with E-state index in [2.05, 4.69) is 86.8 Å². The minimum atomic E-state index is 0.737. The quantitative estimate of drug-likeness (QED) is 0.251. The fraction of sp³-hybridized carbons (Fsp3) is 0.188. The second-order valence-corrected chi connectivity index (χ2v) is 8.72. The average Bonchev–Trinajstić information content (AvgIpc) is 2.91. The standard InChI is InChI=1S/C30H28N4.C2H6/c1-4-21-13-18-26(32-25-16-14-24(31)15-17-25)30-27(21)33-28(22-9-5-19(2)6-10-22)29(34-30)23-11-7-20(3)8-12-23;1-2/h5-18,32H,4,31H2,1-3H3;1-2H3. The fourth-order valence-corrected chi connectivity index (χ4v) is 4.12. The predicted octanol–water partition coefficient (Wildman–Crippen LogP) is 8.50. The van der Waals surface area contributed by atoms with Gasteiger partial charge in [-0.15, -0.1) is 0 Å². The summed E-state index contributed by atoms with van der Waals surface area (Å²) < 4.78 is 0. The summed E-state index contributed by atoms with van der Waals surface area (Å²) in [6.45, 7) is 10.4. The summed E-state index contributed by atoms with van der Waals surface area (Å²) in [6.07, 6.45) is 0.880. The van der Waals surface area contributed by atoms with Gasteiger partial charge in [-0.1, -0.05) is 86.5 Å². The lowest BCUT2D eigenvalue weighted by molar-refractivity contribution is 1.14. The van der Waals surface area contributed by atoms with Crippen LogP contribution in [0, 0.1) is 13.8 Å². The molecule has 5 aromatic rings. The Balaban J connectivity index is 0.00000148. The first-order valence-corrected chi connectivity index (χ1v) is 12.6. The third-order valence-electron chi connectivity index (χ3n) is 6.13. The lowest BCUT2D eigenvalue weighted by Crippen LogP contribution is -2.01. The number of nitrogens with one attached hydrogen (secondary N) is 1. The van der Waals surface area contributed by atoms with Crippen molar-refractivity contribution in [3.8, 4) is 22.5 Å². The summed E-state index contributed by atoms with van der Waals surface area (Å²) >= 11 is 0. The van der Waals surface area contributed by atoms with Crippen LogP contribution >= 0.6 is 0 Å².